The van der Waals surface area contributed by atoms with Gasteiger partial charge in [-0.1, -0.05) is 13.8 Å². The topological polar surface area (TPSA) is 57.6 Å². The minimum absolute atomic E-state index is 0.133. The molecule has 0 spiro atoms. The second-order valence-electron chi connectivity index (χ2n) is 3.25. The highest BCUT2D eigenvalue weighted by molar-refractivity contribution is 7.91. The molecule has 5 heteroatoms. The Bertz CT molecular complexity index is 226. The van der Waals surface area contributed by atoms with Gasteiger partial charge in [0, 0.05) is 12.3 Å². The van der Waals surface area contributed by atoms with Crippen LogP contribution >= 0.6 is 0 Å². The maximum absolute atomic E-state index is 11.2. The molecule has 0 aromatic heterocycles. The van der Waals surface area contributed by atoms with Crippen LogP contribution in [0.4, 0.5) is 0 Å². The Morgan fingerprint density at radius 2 is 1.86 bits per heavy atom. The van der Waals surface area contributed by atoms with Crippen molar-refractivity contribution in [2.75, 3.05) is 37.7 Å². The summed E-state index contributed by atoms with van der Waals surface area (Å²) >= 11 is 0. The molecule has 0 aromatic carbocycles. The van der Waals surface area contributed by atoms with Crippen LogP contribution in [0, 0.1) is 0 Å². The summed E-state index contributed by atoms with van der Waals surface area (Å²) in [5.74, 6) is 0.477. The lowest BCUT2D eigenvalue weighted by Gasteiger charge is -2.18. The zero-order chi connectivity index (χ0) is 11.0. The van der Waals surface area contributed by atoms with E-state index in [2.05, 4.69) is 0 Å². The largest absolute Gasteiger partial charge is 0.395 e. The molecule has 0 heterocycles. The van der Waals surface area contributed by atoms with Crippen LogP contribution < -0.4 is 0 Å². The number of hydrogen-bond acceptors (Lipinski definition) is 4. The summed E-state index contributed by atoms with van der Waals surface area (Å²) in [4.78, 5) is 2.05. The first-order chi connectivity index (χ1) is 6.55. The summed E-state index contributed by atoms with van der Waals surface area (Å²) in [7, 11) is -2.83. The third-order valence-electron chi connectivity index (χ3n) is 2.23. The smallest absolute Gasteiger partial charge is 0.150 e. The van der Waals surface area contributed by atoms with Crippen molar-refractivity contribution in [3.63, 3.8) is 0 Å². The zero-order valence-electron chi connectivity index (χ0n) is 9.07. The van der Waals surface area contributed by atoms with E-state index in [4.69, 9.17) is 5.11 Å². The van der Waals surface area contributed by atoms with Gasteiger partial charge < -0.3 is 10.0 Å². The van der Waals surface area contributed by atoms with Crippen LogP contribution in [0.5, 0.6) is 0 Å². The van der Waals surface area contributed by atoms with E-state index >= 15 is 0 Å². The summed E-state index contributed by atoms with van der Waals surface area (Å²) in [6.07, 6.45) is 0.657. The average Bonchev–Trinajstić information content (AvgIpc) is 2.16. The predicted octanol–water partition coefficient (Wildman–Crippen LogP) is 0.125. The molecule has 4 nitrogen and oxygen atoms in total. The van der Waals surface area contributed by atoms with Crippen molar-refractivity contribution in [1.82, 2.24) is 4.90 Å². The SMILES string of the molecule is CCN(CCO)CCCS(=O)(=O)CC. The van der Waals surface area contributed by atoms with Crippen LogP contribution in [0.15, 0.2) is 0 Å². The highest BCUT2D eigenvalue weighted by atomic mass is 32.2. The number of sulfone groups is 1. The monoisotopic (exact) mass is 223 g/mol. The van der Waals surface area contributed by atoms with Gasteiger partial charge >= 0.3 is 0 Å². The lowest BCUT2D eigenvalue weighted by molar-refractivity contribution is 0.202. The third-order valence-corrected chi connectivity index (χ3v) is 4.02. The van der Waals surface area contributed by atoms with Gasteiger partial charge in [-0.3, -0.25) is 0 Å². The molecule has 0 saturated carbocycles. The molecular formula is C9H21NO3S. The van der Waals surface area contributed by atoms with E-state index in [-0.39, 0.29) is 18.1 Å². The molecule has 0 atom stereocenters. The summed E-state index contributed by atoms with van der Waals surface area (Å²) < 4.78 is 22.3. The summed E-state index contributed by atoms with van der Waals surface area (Å²) in [5, 5.41) is 8.71. The van der Waals surface area contributed by atoms with E-state index in [1.807, 2.05) is 11.8 Å². The van der Waals surface area contributed by atoms with E-state index in [1.165, 1.54) is 0 Å². The maximum Gasteiger partial charge on any atom is 0.150 e. The zero-order valence-corrected chi connectivity index (χ0v) is 9.89. The maximum atomic E-state index is 11.2. The van der Waals surface area contributed by atoms with Crippen LogP contribution in [-0.4, -0.2) is 56.2 Å². The molecular weight excluding hydrogens is 202 g/mol. The minimum atomic E-state index is -2.83. The summed E-state index contributed by atoms with van der Waals surface area (Å²) in [6.45, 7) is 6.03. The second kappa shape index (κ2) is 7.20. The first-order valence-electron chi connectivity index (χ1n) is 5.09. The van der Waals surface area contributed by atoms with Gasteiger partial charge in [0.05, 0.1) is 12.4 Å². The average molecular weight is 223 g/mol. The lowest BCUT2D eigenvalue weighted by Crippen LogP contribution is -2.29. The molecule has 0 aliphatic rings. The first kappa shape index (κ1) is 13.9. The van der Waals surface area contributed by atoms with E-state index in [0.717, 1.165) is 13.1 Å². The molecule has 0 radical (unpaired) electrons. The fourth-order valence-corrected chi connectivity index (χ4v) is 2.08. The highest BCUT2D eigenvalue weighted by Crippen LogP contribution is 1.96. The lowest BCUT2D eigenvalue weighted by atomic mass is 10.4. The number of nitrogens with zero attached hydrogens (tertiary/aromatic N) is 1. The van der Waals surface area contributed by atoms with Gasteiger partial charge in [-0.2, -0.15) is 0 Å². The molecule has 14 heavy (non-hydrogen) atoms. The van der Waals surface area contributed by atoms with Crippen molar-refractivity contribution >= 4 is 9.84 Å². The molecule has 0 aliphatic heterocycles. The second-order valence-corrected chi connectivity index (χ2v) is 5.72. The quantitative estimate of drug-likeness (QED) is 0.635. The van der Waals surface area contributed by atoms with E-state index < -0.39 is 9.84 Å². The highest BCUT2D eigenvalue weighted by Gasteiger charge is 2.08. The van der Waals surface area contributed by atoms with Gasteiger partial charge in [-0.15, -0.1) is 0 Å². The molecule has 86 valence electrons. The Morgan fingerprint density at radius 3 is 2.29 bits per heavy atom. The Balaban J connectivity index is 3.71. The summed E-state index contributed by atoms with van der Waals surface area (Å²) in [5.41, 5.74) is 0. The number of aliphatic hydroxyl groups is 1. The number of rotatable bonds is 8. The van der Waals surface area contributed by atoms with Crippen LogP contribution in [0.25, 0.3) is 0 Å². The van der Waals surface area contributed by atoms with Gasteiger partial charge in [-0.25, -0.2) is 8.42 Å². The Hall–Kier alpha value is -0.130. The number of likely N-dealkylation sites (N-methyl/N-ethyl adjacent to an activating group) is 1. The number of hydrogen-bond donors (Lipinski definition) is 1. The molecule has 0 fully saturated rings. The van der Waals surface area contributed by atoms with Crippen molar-refractivity contribution in [3.8, 4) is 0 Å². The molecule has 1 N–H and O–H groups in total. The molecule has 0 aliphatic carbocycles. The van der Waals surface area contributed by atoms with E-state index in [9.17, 15) is 8.42 Å². The normalized spacial score (nSPS) is 12.3. The van der Waals surface area contributed by atoms with Gasteiger partial charge in [0.15, 0.2) is 0 Å². The molecule has 0 amide bonds. The van der Waals surface area contributed by atoms with Gasteiger partial charge in [-0.05, 0) is 19.5 Å². The molecule has 0 unspecified atom stereocenters. The fourth-order valence-electron chi connectivity index (χ4n) is 1.22. The predicted molar refractivity (Wildman–Crippen MR) is 58.1 cm³/mol. The van der Waals surface area contributed by atoms with Crippen molar-refractivity contribution in [3.05, 3.63) is 0 Å². The van der Waals surface area contributed by atoms with E-state index in [1.54, 1.807) is 6.92 Å². The molecule has 0 saturated heterocycles. The number of aliphatic hydroxyl groups excluding tert-OH is 1. The van der Waals surface area contributed by atoms with E-state index in [0.29, 0.717) is 13.0 Å². The van der Waals surface area contributed by atoms with Gasteiger partial charge in [0.25, 0.3) is 0 Å². The van der Waals surface area contributed by atoms with Crippen molar-refractivity contribution in [2.45, 2.75) is 20.3 Å². The Kier molecular flexibility index (Phi) is 7.13. The third kappa shape index (κ3) is 6.34. The van der Waals surface area contributed by atoms with Gasteiger partial charge in [0.2, 0.25) is 0 Å². The Labute approximate surface area is 86.8 Å². The van der Waals surface area contributed by atoms with Crippen molar-refractivity contribution < 1.29 is 13.5 Å². The first-order valence-corrected chi connectivity index (χ1v) is 6.91. The standard InChI is InChI=1S/C9H21NO3S/c1-3-10(7-8-11)6-5-9-14(12,13)4-2/h11H,3-9H2,1-2H3. The Morgan fingerprint density at radius 1 is 1.21 bits per heavy atom. The minimum Gasteiger partial charge on any atom is -0.395 e. The molecule has 0 rings (SSSR count). The van der Waals surface area contributed by atoms with Crippen LogP contribution in [0.1, 0.15) is 20.3 Å². The fraction of sp³-hybridized carbons (Fsp3) is 1.00. The van der Waals surface area contributed by atoms with Crippen LogP contribution in [-0.2, 0) is 9.84 Å². The van der Waals surface area contributed by atoms with Crippen LogP contribution in [0.3, 0.4) is 0 Å². The van der Waals surface area contributed by atoms with Crippen LogP contribution in [0.2, 0.25) is 0 Å². The molecule has 0 bridgehead atoms. The van der Waals surface area contributed by atoms with Gasteiger partial charge in [0.1, 0.15) is 9.84 Å². The van der Waals surface area contributed by atoms with Crippen molar-refractivity contribution in [2.24, 2.45) is 0 Å². The summed E-state index contributed by atoms with van der Waals surface area (Å²) in [6, 6.07) is 0. The van der Waals surface area contributed by atoms with Crippen molar-refractivity contribution in [1.29, 1.82) is 0 Å². The molecule has 0 aromatic rings.